The van der Waals surface area contributed by atoms with Crippen LogP contribution in [0.1, 0.15) is 517 Å². The number of phosphoric acid groups is 2. The first-order chi connectivity index (χ1) is 55.4. The van der Waals surface area contributed by atoms with E-state index < -0.39 is 97.5 Å². The van der Waals surface area contributed by atoms with Crippen LogP contribution in [0, 0.1) is 11.8 Å². The fraction of sp³-hybridized carbons (Fsp3) is 0.958. The van der Waals surface area contributed by atoms with E-state index in [1.165, 1.54) is 334 Å². The van der Waals surface area contributed by atoms with E-state index in [2.05, 4.69) is 41.5 Å². The van der Waals surface area contributed by atoms with Gasteiger partial charge >= 0.3 is 39.5 Å². The lowest BCUT2D eigenvalue weighted by Crippen LogP contribution is -2.30. The highest BCUT2D eigenvalue weighted by molar-refractivity contribution is 7.47. The first-order valence-corrected chi connectivity index (χ1v) is 52.0. The maximum atomic E-state index is 13.2. The summed E-state index contributed by atoms with van der Waals surface area (Å²) in [5, 5.41) is 10.7. The summed E-state index contributed by atoms with van der Waals surface area (Å²) in [6, 6.07) is 0. The second-order valence-corrected chi connectivity index (χ2v) is 37.7. The molecule has 19 heteroatoms. The molecule has 0 aromatic rings. The maximum Gasteiger partial charge on any atom is 0.472 e. The summed E-state index contributed by atoms with van der Waals surface area (Å²) in [5.41, 5.74) is 0. The highest BCUT2D eigenvalue weighted by atomic mass is 31.2. The van der Waals surface area contributed by atoms with E-state index in [0.717, 1.165) is 102 Å². The number of hydrogen-bond donors (Lipinski definition) is 3. The predicted molar refractivity (Wildman–Crippen MR) is 474 cm³/mol. The Morgan fingerprint density at radius 3 is 0.667 bits per heavy atom. The summed E-state index contributed by atoms with van der Waals surface area (Å²) in [7, 11) is -9.94. The van der Waals surface area contributed by atoms with Gasteiger partial charge in [-0.3, -0.25) is 37.3 Å². The number of rotatable bonds is 94. The Morgan fingerprint density at radius 2 is 0.447 bits per heavy atom. The Labute approximate surface area is 702 Å². The fourth-order valence-electron chi connectivity index (χ4n) is 15.0. The minimum Gasteiger partial charge on any atom is -0.462 e. The quantitative estimate of drug-likeness (QED) is 0.0222. The zero-order valence-electron chi connectivity index (χ0n) is 75.4. The number of carbonyl (C=O) groups excluding carboxylic acids is 4. The molecule has 678 valence electrons. The lowest BCUT2D eigenvalue weighted by atomic mass is 9.99. The third-order valence-electron chi connectivity index (χ3n) is 22.8. The Balaban J connectivity index is 5.24. The van der Waals surface area contributed by atoms with Gasteiger partial charge in [0.2, 0.25) is 0 Å². The van der Waals surface area contributed by atoms with Crippen molar-refractivity contribution >= 4 is 39.5 Å². The molecule has 0 aliphatic rings. The standard InChI is InChI=1S/C95H186O17P2/c1-7-10-12-14-16-18-20-22-23-24-25-33-38-43-49-55-61-67-73-79-94(99)111-90(83-105-92(97)77-71-65-59-53-47-21-19-17-15-13-11-8-2)85-109-113(101,102)107-81-89(96)82-108-114(103,104)110-86-91(84-106-93(98)78-72-66-60-54-48-42-37-32-28-26-30-35-40-45-51-57-63-69-75-87(4)5)112-95(100)80-74-68-62-56-50-44-39-34-29-27-31-36-41-46-52-58-64-70-76-88(6)9-3/h87-91,96H,7-86H2,1-6H3,(H,101,102)(H,103,104)/t88?,89-,90+,91+/m0/s1. The minimum absolute atomic E-state index is 0.109. The first-order valence-electron chi connectivity index (χ1n) is 49.0. The molecule has 0 saturated heterocycles. The van der Waals surface area contributed by atoms with Gasteiger partial charge in [0.1, 0.15) is 19.3 Å². The van der Waals surface area contributed by atoms with Gasteiger partial charge in [-0.1, -0.05) is 465 Å². The van der Waals surface area contributed by atoms with Crippen molar-refractivity contribution in [1.29, 1.82) is 0 Å². The molecule has 0 radical (unpaired) electrons. The molecule has 0 saturated carbocycles. The number of carbonyl (C=O) groups is 4. The van der Waals surface area contributed by atoms with Gasteiger partial charge in [-0.25, -0.2) is 9.13 Å². The summed E-state index contributed by atoms with van der Waals surface area (Å²) in [6.45, 7) is 9.84. The number of aliphatic hydroxyl groups is 1. The van der Waals surface area contributed by atoms with Crippen LogP contribution in [0.15, 0.2) is 0 Å². The summed E-state index contributed by atoms with van der Waals surface area (Å²) in [4.78, 5) is 73.6. The molecule has 3 unspecified atom stereocenters. The van der Waals surface area contributed by atoms with Crippen LogP contribution in [-0.2, 0) is 65.4 Å². The van der Waals surface area contributed by atoms with Crippen molar-refractivity contribution in [2.45, 2.75) is 535 Å². The van der Waals surface area contributed by atoms with Crippen LogP contribution < -0.4 is 0 Å². The van der Waals surface area contributed by atoms with E-state index >= 15 is 0 Å². The Morgan fingerprint density at radius 1 is 0.254 bits per heavy atom. The smallest absolute Gasteiger partial charge is 0.462 e. The van der Waals surface area contributed by atoms with E-state index in [1.54, 1.807) is 0 Å². The molecule has 0 aromatic carbocycles. The second-order valence-electron chi connectivity index (χ2n) is 34.8. The SMILES string of the molecule is CCCCCCCCCCCCCCCCCCCCCC(=O)O[C@H](COC(=O)CCCCCCCCCCCCCC)COP(=O)(O)OC[C@H](O)COP(=O)(O)OC[C@@H](COC(=O)CCCCCCCCCCCCCCCCCCCCC(C)C)OC(=O)CCCCCCCCCCCCCCCCCCCCC(C)CC. The summed E-state index contributed by atoms with van der Waals surface area (Å²) in [5.74, 6) is -0.395. The summed E-state index contributed by atoms with van der Waals surface area (Å²) >= 11 is 0. The summed E-state index contributed by atoms with van der Waals surface area (Å²) in [6.07, 6.45) is 82.0. The molecule has 0 aromatic heterocycles. The van der Waals surface area contributed by atoms with Crippen molar-refractivity contribution in [2.75, 3.05) is 39.6 Å². The highest BCUT2D eigenvalue weighted by Crippen LogP contribution is 2.45. The highest BCUT2D eigenvalue weighted by Gasteiger charge is 2.31. The number of unbranched alkanes of at least 4 members (excludes halogenated alkanes) is 63. The van der Waals surface area contributed by atoms with Crippen LogP contribution in [0.25, 0.3) is 0 Å². The zero-order chi connectivity index (χ0) is 83.4. The number of ether oxygens (including phenoxy) is 4. The molecule has 114 heavy (non-hydrogen) atoms. The molecule has 0 aliphatic heterocycles. The molecular formula is C95H186O17P2. The van der Waals surface area contributed by atoms with Crippen LogP contribution in [0.3, 0.4) is 0 Å². The number of hydrogen-bond acceptors (Lipinski definition) is 15. The van der Waals surface area contributed by atoms with Gasteiger partial charge in [0.25, 0.3) is 0 Å². The average Bonchev–Trinajstić information content (AvgIpc) is 0.899. The normalized spacial score (nSPS) is 13.9. The molecule has 3 N–H and O–H groups in total. The largest absolute Gasteiger partial charge is 0.472 e. The van der Waals surface area contributed by atoms with E-state index in [9.17, 15) is 43.2 Å². The number of phosphoric ester groups is 2. The lowest BCUT2D eigenvalue weighted by Gasteiger charge is -2.21. The fourth-order valence-corrected chi connectivity index (χ4v) is 16.6. The number of esters is 4. The van der Waals surface area contributed by atoms with Gasteiger partial charge in [0.05, 0.1) is 26.4 Å². The van der Waals surface area contributed by atoms with Crippen molar-refractivity contribution < 1.29 is 80.2 Å². The van der Waals surface area contributed by atoms with E-state index in [-0.39, 0.29) is 25.7 Å². The Hall–Kier alpha value is -1.94. The van der Waals surface area contributed by atoms with Crippen LogP contribution in [0.5, 0.6) is 0 Å². The summed E-state index contributed by atoms with van der Waals surface area (Å²) < 4.78 is 69.2. The van der Waals surface area contributed by atoms with Crippen molar-refractivity contribution in [3.63, 3.8) is 0 Å². The molecule has 0 bridgehead atoms. The zero-order valence-corrected chi connectivity index (χ0v) is 77.2. The molecular weight excluding hydrogens is 1470 g/mol. The van der Waals surface area contributed by atoms with E-state index in [1.807, 2.05) is 0 Å². The molecule has 0 amide bonds. The van der Waals surface area contributed by atoms with Crippen molar-refractivity contribution in [3.8, 4) is 0 Å². The first kappa shape index (κ1) is 112. The predicted octanol–water partition coefficient (Wildman–Crippen LogP) is 29.7. The van der Waals surface area contributed by atoms with Gasteiger partial charge in [-0.05, 0) is 37.5 Å². The van der Waals surface area contributed by atoms with Gasteiger partial charge < -0.3 is 33.8 Å². The Kier molecular flexibility index (Phi) is 84.6. The third-order valence-corrected chi connectivity index (χ3v) is 24.7. The van der Waals surface area contributed by atoms with Crippen LogP contribution >= 0.6 is 15.6 Å². The van der Waals surface area contributed by atoms with Crippen LogP contribution in [0.2, 0.25) is 0 Å². The molecule has 0 fully saturated rings. The monoisotopic (exact) mass is 1660 g/mol. The Bertz CT molecular complexity index is 2170. The van der Waals surface area contributed by atoms with E-state index in [0.29, 0.717) is 25.7 Å². The lowest BCUT2D eigenvalue weighted by molar-refractivity contribution is -0.161. The molecule has 0 spiro atoms. The molecule has 6 atom stereocenters. The average molecular weight is 1660 g/mol. The van der Waals surface area contributed by atoms with Crippen molar-refractivity contribution in [1.82, 2.24) is 0 Å². The van der Waals surface area contributed by atoms with E-state index in [4.69, 9.17) is 37.0 Å². The van der Waals surface area contributed by atoms with Gasteiger partial charge in [0, 0.05) is 25.7 Å². The molecule has 0 aliphatic carbocycles. The molecule has 17 nitrogen and oxygen atoms in total. The maximum absolute atomic E-state index is 13.2. The van der Waals surface area contributed by atoms with Gasteiger partial charge in [0.15, 0.2) is 12.2 Å². The topological polar surface area (TPSA) is 237 Å². The van der Waals surface area contributed by atoms with Gasteiger partial charge in [-0.15, -0.1) is 0 Å². The molecule has 0 rings (SSSR count). The van der Waals surface area contributed by atoms with Crippen LogP contribution in [-0.4, -0.2) is 96.7 Å². The second kappa shape index (κ2) is 86.0. The number of aliphatic hydroxyl groups excluding tert-OH is 1. The van der Waals surface area contributed by atoms with Crippen LogP contribution in [0.4, 0.5) is 0 Å². The van der Waals surface area contributed by atoms with Crippen molar-refractivity contribution in [3.05, 3.63) is 0 Å². The minimum atomic E-state index is -4.97. The molecule has 0 heterocycles. The third kappa shape index (κ3) is 86.4. The van der Waals surface area contributed by atoms with Gasteiger partial charge in [-0.2, -0.15) is 0 Å². The van der Waals surface area contributed by atoms with Crippen molar-refractivity contribution in [2.24, 2.45) is 11.8 Å².